The van der Waals surface area contributed by atoms with Crippen LogP contribution in [0.5, 0.6) is 0 Å². The SMILES string of the molecule is C=CCNc1nc(C)cn1CC(C)(C)CC. The highest BCUT2D eigenvalue weighted by molar-refractivity contribution is 5.29. The molecule has 0 aromatic carbocycles. The molecule has 0 aliphatic carbocycles. The first-order chi connectivity index (χ1) is 7.48. The Bertz CT molecular complexity index is 350. The van der Waals surface area contributed by atoms with Gasteiger partial charge in [-0.15, -0.1) is 6.58 Å². The molecule has 1 aromatic rings. The Morgan fingerprint density at radius 3 is 2.81 bits per heavy atom. The fourth-order valence-electron chi connectivity index (χ4n) is 1.54. The summed E-state index contributed by atoms with van der Waals surface area (Å²) in [5, 5.41) is 3.26. The van der Waals surface area contributed by atoms with Gasteiger partial charge in [0.25, 0.3) is 0 Å². The molecular weight excluding hydrogens is 198 g/mol. The minimum absolute atomic E-state index is 0.303. The van der Waals surface area contributed by atoms with Gasteiger partial charge in [-0.2, -0.15) is 0 Å². The molecule has 3 nitrogen and oxygen atoms in total. The molecule has 0 spiro atoms. The summed E-state index contributed by atoms with van der Waals surface area (Å²) in [6.45, 7) is 14.2. The summed E-state index contributed by atoms with van der Waals surface area (Å²) in [4.78, 5) is 4.47. The first-order valence-electron chi connectivity index (χ1n) is 5.87. The normalized spacial score (nSPS) is 11.5. The van der Waals surface area contributed by atoms with E-state index < -0.39 is 0 Å². The number of nitrogens with zero attached hydrogens (tertiary/aromatic N) is 2. The van der Waals surface area contributed by atoms with E-state index in [2.05, 4.69) is 48.4 Å². The van der Waals surface area contributed by atoms with E-state index in [1.807, 2.05) is 13.0 Å². The van der Waals surface area contributed by atoms with E-state index in [0.717, 1.165) is 31.2 Å². The Hall–Kier alpha value is -1.25. The zero-order valence-electron chi connectivity index (χ0n) is 10.9. The summed E-state index contributed by atoms with van der Waals surface area (Å²) in [6, 6.07) is 0. The molecule has 0 aliphatic heterocycles. The minimum atomic E-state index is 0.303. The number of anilines is 1. The van der Waals surface area contributed by atoms with Crippen molar-refractivity contribution in [2.75, 3.05) is 11.9 Å². The molecule has 0 amide bonds. The van der Waals surface area contributed by atoms with E-state index >= 15 is 0 Å². The lowest BCUT2D eigenvalue weighted by Crippen LogP contribution is -2.20. The van der Waals surface area contributed by atoms with Crippen molar-refractivity contribution in [3.8, 4) is 0 Å². The third kappa shape index (κ3) is 3.40. The van der Waals surface area contributed by atoms with Gasteiger partial charge in [0.05, 0.1) is 5.69 Å². The van der Waals surface area contributed by atoms with E-state index in [0.29, 0.717) is 5.41 Å². The molecule has 1 heterocycles. The number of hydrogen-bond donors (Lipinski definition) is 1. The Kier molecular flexibility index (Phi) is 4.16. The van der Waals surface area contributed by atoms with Crippen LogP contribution in [0.2, 0.25) is 0 Å². The molecule has 0 saturated carbocycles. The van der Waals surface area contributed by atoms with E-state index in [-0.39, 0.29) is 0 Å². The molecule has 0 radical (unpaired) electrons. The van der Waals surface area contributed by atoms with Crippen molar-refractivity contribution in [3.05, 3.63) is 24.5 Å². The van der Waals surface area contributed by atoms with Crippen molar-refractivity contribution in [1.29, 1.82) is 0 Å². The first kappa shape index (κ1) is 12.8. The highest BCUT2D eigenvalue weighted by Gasteiger charge is 2.17. The monoisotopic (exact) mass is 221 g/mol. The zero-order valence-corrected chi connectivity index (χ0v) is 10.9. The second-order valence-electron chi connectivity index (χ2n) is 5.02. The number of imidazole rings is 1. The van der Waals surface area contributed by atoms with Crippen LogP contribution in [-0.2, 0) is 6.54 Å². The number of aryl methyl sites for hydroxylation is 1. The van der Waals surface area contributed by atoms with Gasteiger partial charge in [0.15, 0.2) is 0 Å². The molecule has 0 atom stereocenters. The van der Waals surface area contributed by atoms with Gasteiger partial charge in [-0.1, -0.05) is 26.8 Å². The largest absolute Gasteiger partial charge is 0.352 e. The zero-order chi connectivity index (χ0) is 12.2. The van der Waals surface area contributed by atoms with Crippen LogP contribution in [0.3, 0.4) is 0 Å². The summed E-state index contributed by atoms with van der Waals surface area (Å²) in [6.07, 6.45) is 5.10. The topological polar surface area (TPSA) is 29.9 Å². The van der Waals surface area contributed by atoms with Gasteiger partial charge in [-0.25, -0.2) is 4.98 Å². The van der Waals surface area contributed by atoms with Crippen LogP contribution in [0.15, 0.2) is 18.9 Å². The van der Waals surface area contributed by atoms with Crippen LogP contribution in [0, 0.1) is 12.3 Å². The van der Waals surface area contributed by atoms with Crippen LogP contribution in [0.1, 0.15) is 32.9 Å². The average Bonchev–Trinajstić information content (AvgIpc) is 2.55. The van der Waals surface area contributed by atoms with Crippen molar-refractivity contribution >= 4 is 5.95 Å². The van der Waals surface area contributed by atoms with E-state index in [9.17, 15) is 0 Å². The average molecular weight is 221 g/mol. The Balaban J connectivity index is 2.81. The van der Waals surface area contributed by atoms with Crippen molar-refractivity contribution in [1.82, 2.24) is 9.55 Å². The molecule has 0 unspecified atom stereocenters. The second-order valence-corrected chi connectivity index (χ2v) is 5.02. The quantitative estimate of drug-likeness (QED) is 0.747. The molecule has 1 N–H and O–H groups in total. The smallest absolute Gasteiger partial charge is 0.203 e. The maximum Gasteiger partial charge on any atom is 0.203 e. The van der Waals surface area contributed by atoms with Crippen molar-refractivity contribution in [3.63, 3.8) is 0 Å². The Morgan fingerprint density at radius 2 is 2.25 bits per heavy atom. The predicted molar refractivity (Wildman–Crippen MR) is 69.7 cm³/mol. The predicted octanol–water partition coefficient (Wildman–Crippen LogP) is 3.23. The third-order valence-corrected chi connectivity index (χ3v) is 2.86. The van der Waals surface area contributed by atoms with Gasteiger partial charge in [0, 0.05) is 19.3 Å². The van der Waals surface area contributed by atoms with Gasteiger partial charge < -0.3 is 9.88 Å². The van der Waals surface area contributed by atoms with Crippen LogP contribution in [0.25, 0.3) is 0 Å². The highest BCUT2D eigenvalue weighted by Crippen LogP contribution is 2.24. The van der Waals surface area contributed by atoms with E-state index in [1.165, 1.54) is 0 Å². The van der Waals surface area contributed by atoms with Crippen molar-refractivity contribution in [2.45, 2.75) is 40.7 Å². The number of rotatable bonds is 6. The molecule has 16 heavy (non-hydrogen) atoms. The van der Waals surface area contributed by atoms with Crippen LogP contribution in [-0.4, -0.2) is 16.1 Å². The van der Waals surface area contributed by atoms with Gasteiger partial charge in [0.1, 0.15) is 0 Å². The molecule has 1 aromatic heterocycles. The first-order valence-corrected chi connectivity index (χ1v) is 5.87. The molecule has 0 saturated heterocycles. The van der Waals surface area contributed by atoms with Crippen molar-refractivity contribution in [2.24, 2.45) is 5.41 Å². The summed E-state index contributed by atoms with van der Waals surface area (Å²) < 4.78 is 2.20. The van der Waals surface area contributed by atoms with Gasteiger partial charge in [-0.05, 0) is 18.8 Å². The lowest BCUT2D eigenvalue weighted by Gasteiger charge is -2.24. The maximum absolute atomic E-state index is 4.47. The number of nitrogens with one attached hydrogen (secondary N) is 1. The molecule has 0 aliphatic rings. The lowest BCUT2D eigenvalue weighted by atomic mass is 9.90. The standard InChI is InChI=1S/C13H23N3/c1-6-8-14-12-15-11(3)9-16(12)10-13(4,5)7-2/h6,9H,1,7-8,10H2,2-5H3,(H,14,15). The number of aromatic nitrogens is 2. The van der Waals surface area contributed by atoms with Gasteiger partial charge >= 0.3 is 0 Å². The summed E-state index contributed by atoms with van der Waals surface area (Å²) in [5.74, 6) is 0.943. The molecule has 0 bridgehead atoms. The fourth-order valence-corrected chi connectivity index (χ4v) is 1.54. The molecule has 3 heteroatoms. The highest BCUT2D eigenvalue weighted by atomic mass is 15.2. The Morgan fingerprint density at radius 1 is 1.56 bits per heavy atom. The molecule has 90 valence electrons. The maximum atomic E-state index is 4.47. The minimum Gasteiger partial charge on any atom is -0.352 e. The van der Waals surface area contributed by atoms with Gasteiger partial charge in [0.2, 0.25) is 5.95 Å². The molecular formula is C13H23N3. The summed E-state index contributed by atoms with van der Waals surface area (Å²) in [5.41, 5.74) is 1.36. The fraction of sp³-hybridized carbons (Fsp3) is 0.615. The summed E-state index contributed by atoms with van der Waals surface area (Å²) >= 11 is 0. The molecule has 0 fully saturated rings. The number of hydrogen-bond acceptors (Lipinski definition) is 2. The van der Waals surface area contributed by atoms with E-state index in [1.54, 1.807) is 0 Å². The van der Waals surface area contributed by atoms with Crippen molar-refractivity contribution < 1.29 is 0 Å². The van der Waals surface area contributed by atoms with Gasteiger partial charge in [-0.3, -0.25) is 0 Å². The Labute approximate surface area is 98.6 Å². The second kappa shape index (κ2) is 5.19. The lowest BCUT2D eigenvalue weighted by molar-refractivity contribution is 0.296. The van der Waals surface area contributed by atoms with Crippen LogP contribution in [0.4, 0.5) is 5.95 Å². The van der Waals surface area contributed by atoms with Crippen LogP contribution < -0.4 is 5.32 Å². The molecule has 1 rings (SSSR count). The third-order valence-electron chi connectivity index (χ3n) is 2.86. The van der Waals surface area contributed by atoms with Crippen LogP contribution >= 0.6 is 0 Å². The van der Waals surface area contributed by atoms with E-state index in [4.69, 9.17) is 0 Å². The summed E-state index contributed by atoms with van der Waals surface area (Å²) in [7, 11) is 0.